The molecule has 3 rings (SSSR count). The quantitative estimate of drug-likeness (QED) is 0.712. The molecule has 2 bridgehead atoms. The first-order valence-corrected chi connectivity index (χ1v) is 6.27. The molecule has 2 saturated heterocycles. The third-order valence-electron chi connectivity index (χ3n) is 4.44. The molecule has 92 valence electrons. The van der Waals surface area contributed by atoms with Crippen molar-refractivity contribution in [1.29, 1.82) is 0 Å². The standard InChI is InChI=1S/C12H18N4O/c1-15-9-3-4-10(15)6-8(5-9)12(17)11-7-13-14-16(11)2/h7-10H,3-6H2,1-2H3. The van der Waals surface area contributed by atoms with Crippen molar-refractivity contribution in [1.82, 2.24) is 19.9 Å². The molecule has 1 aromatic rings. The maximum Gasteiger partial charge on any atom is 0.185 e. The summed E-state index contributed by atoms with van der Waals surface area (Å²) in [6.45, 7) is 0. The Kier molecular flexibility index (Phi) is 2.50. The molecule has 0 saturated carbocycles. The number of hydrogen-bond donors (Lipinski definition) is 0. The Hall–Kier alpha value is -1.23. The zero-order chi connectivity index (χ0) is 12.0. The monoisotopic (exact) mass is 234 g/mol. The van der Waals surface area contributed by atoms with Gasteiger partial charge < -0.3 is 4.90 Å². The van der Waals surface area contributed by atoms with E-state index < -0.39 is 0 Å². The SMILES string of the molecule is CN1C2CCC1CC(C(=O)c1cnnn1C)C2. The van der Waals surface area contributed by atoms with Crippen LogP contribution in [0.5, 0.6) is 0 Å². The van der Waals surface area contributed by atoms with Crippen molar-refractivity contribution >= 4 is 5.78 Å². The second-order valence-electron chi connectivity index (χ2n) is 5.33. The predicted molar refractivity (Wildman–Crippen MR) is 62.6 cm³/mol. The summed E-state index contributed by atoms with van der Waals surface area (Å²) < 4.78 is 1.59. The van der Waals surface area contributed by atoms with Crippen molar-refractivity contribution in [2.75, 3.05) is 7.05 Å². The van der Waals surface area contributed by atoms with Gasteiger partial charge in [0.15, 0.2) is 5.78 Å². The van der Waals surface area contributed by atoms with Crippen LogP contribution in [0.4, 0.5) is 0 Å². The zero-order valence-corrected chi connectivity index (χ0v) is 10.3. The van der Waals surface area contributed by atoms with Crippen molar-refractivity contribution in [3.05, 3.63) is 11.9 Å². The fourth-order valence-electron chi connectivity index (χ4n) is 3.35. The highest BCUT2D eigenvalue weighted by Gasteiger charge is 2.41. The highest BCUT2D eigenvalue weighted by atomic mass is 16.1. The number of carbonyl (C=O) groups excluding carboxylic acids is 1. The number of ketones is 1. The van der Waals surface area contributed by atoms with Gasteiger partial charge in [-0.3, -0.25) is 4.79 Å². The van der Waals surface area contributed by atoms with Crippen LogP contribution >= 0.6 is 0 Å². The number of piperidine rings is 1. The first-order valence-electron chi connectivity index (χ1n) is 6.27. The lowest BCUT2D eigenvalue weighted by atomic mass is 9.86. The maximum absolute atomic E-state index is 12.4. The van der Waals surface area contributed by atoms with E-state index >= 15 is 0 Å². The lowest BCUT2D eigenvalue weighted by Gasteiger charge is -2.35. The van der Waals surface area contributed by atoms with Crippen molar-refractivity contribution in [3.63, 3.8) is 0 Å². The highest BCUT2D eigenvalue weighted by molar-refractivity contribution is 5.96. The molecule has 0 radical (unpaired) electrons. The Balaban J connectivity index is 1.79. The minimum absolute atomic E-state index is 0.167. The number of rotatable bonds is 2. The fraction of sp³-hybridized carbons (Fsp3) is 0.750. The molecule has 2 aliphatic rings. The van der Waals surface area contributed by atoms with E-state index in [2.05, 4.69) is 22.3 Å². The van der Waals surface area contributed by atoms with Gasteiger partial charge in [-0.05, 0) is 32.7 Å². The van der Waals surface area contributed by atoms with E-state index in [1.54, 1.807) is 17.9 Å². The number of Topliss-reactive ketones (excluding diaryl/α,β-unsaturated/α-hetero) is 1. The van der Waals surface area contributed by atoms with E-state index in [4.69, 9.17) is 0 Å². The van der Waals surface area contributed by atoms with E-state index in [1.807, 2.05) is 0 Å². The number of fused-ring (bicyclic) bond motifs is 2. The third kappa shape index (κ3) is 1.69. The second kappa shape index (κ2) is 3.91. The number of nitrogens with zero attached hydrogens (tertiary/aromatic N) is 4. The molecule has 0 aromatic carbocycles. The van der Waals surface area contributed by atoms with Gasteiger partial charge in [-0.15, -0.1) is 5.10 Å². The zero-order valence-electron chi connectivity index (χ0n) is 10.3. The molecule has 2 unspecified atom stereocenters. The van der Waals surface area contributed by atoms with E-state index in [0.717, 1.165) is 12.8 Å². The van der Waals surface area contributed by atoms with Gasteiger partial charge in [0.1, 0.15) is 5.69 Å². The minimum atomic E-state index is 0.167. The van der Waals surface area contributed by atoms with Crippen LogP contribution in [0.25, 0.3) is 0 Å². The summed E-state index contributed by atoms with van der Waals surface area (Å²) in [5.74, 6) is 0.392. The van der Waals surface area contributed by atoms with Crippen LogP contribution in [0.3, 0.4) is 0 Å². The largest absolute Gasteiger partial charge is 0.300 e. The summed E-state index contributed by atoms with van der Waals surface area (Å²) in [5.41, 5.74) is 0.652. The normalized spacial score (nSPS) is 32.9. The Morgan fingerprint density at radius 2 is 1.94 bits per heavy atom. The smallest absolute Gasteiger partial charge is 0.185 e. The van der Waals surface area contributed by atoms with Crippen LogP contribution in [-0.2, 0) is 7.05 Å². The first-order chi connectivity index (χ1) is 8.16. The van der Waals surface area contributed by atoms with Gasteiger partial charge >= 0.3 is 0 Å². The molecule has 1 aromatic heterocycles. The predicted octanol–water partition coefficient (Wildman–Crippen LogP) is 0.871. The number of carbonyl (C=O) groups is 1. The molecule has 2 atom stereocenters. The van der Waals surface area contributed by atoms with Crippen molar-refractivity contribution in [3.8, 4) is 0 Å². The van der Waals surface area contributed by atoms with Crippen LogP contribution in [0, 0.1) is 5.92 Å². The molecule has 0 spiro atoms. The topological polar surface area (TPSA) is 51.0 Å². The van der Waals surface area contributed by atoms with Gasteiger partial charge in [-0.2, -0.15) is 0 Å². The fourth-order valence-corrected chi connectivity index (χ4v) is 3.35. The van der Waals surface area contributed by atoms with E-state index in [0.29, 0.717) is 17.8 Å². The van der Waals surface area contributed by atoms with Gasteiger partial charge in [-0.25, -0.2) is 4.68 Å². The molecule has 2 fully saturated rings. The average molecular weight is 234 g/mol. The molecule has 2 aliphatic heterocycles. The van der Waals surface area contributed by atoms with Crippen molar-refractivity contribution in [2.45, 2.75) is 37.8 Å². The Bertz CT molecular complexity index is 427. The molecular formula is C12H18N4O. The molecule has 0 N–H and O–H groups in total. The van der Waals surface area contributed by atoms with Crippen molar-refractivity contribution in [2.24, 2.45) is 13.0 Å². The van der Waals surface area contributed by atoms with Gasteiger partial charge in [0, 0.05) is 25.0 Å². The van der Waals surface area contributed by atoms with Crippen LogP contribution in [-0.4, -0.2) is 44.8 Å². The Morgan fingerprint density at radius 1 is 1.29 bits per heavy atom. The van der Waals surface area contributed by atoms with Crippen LogP contribution in [0.1, 0.15) is 36.2 Å². The summed E-state index contributed by atoms with van der Waals surface area (Å²) >= 11 is 0. The van der Waals surface area contributed by atoms with Gasteiger partial charge in [-0.1, -0.05) is 5.21 Å². The number of aromatic nitrogens is 3. The minimum Gasteiger partial charge on any atom is -0.300 e. The molecular weight excluding hydrogens is 216 g/mol. The molecule has 0 amide bonds. The van der Waals surface area contributed by atoms with Crippen LogP contribution in [0.15, 0.2) is 6.20 Å². The van der Waals surface area contributed by atoms with Crippen LogP contribution in [0.2, 0.25) is 0 Å². The van der Waals surface area contributed by atoms with Crippen molar-refractivity contribution < 1.29 is 4.79 Å². The lowest BCUT2D eigenvalue weighted by Crippen LogP contribution is -2.42. The van der Waals surface area contributed by atoms with E-state index in [-0.39, 0.29) is 11.7 Å². The first kappa shape index (κ1) is 10.9. The summed E-state index contributed by atoms with van der Waals surface area (Å²) in [7, 11) is 3.97. The summed E-state index contributed by atoms with van der Waals surface area (Å²) in [5, 5.41) is 7.62. The highest BCUT2D eigenvalue weighted by Crippen LogP contribution is 2.38. The number of hydrogen-bond acceptors (Lipinski definition) is 4. The second-order valence-corrected chi connectivity index (χ2v) is 5.33. The molecule has 0 aliphatic carbocycles. The Morgan fingerprint density at radius 3 is 2.47 bits per heavy atom. The summed E-state index contributed by atoms with van der Waals surface area (Å²) in [6, 6.07) is 1.20. The maximum atomic E-state index is 12.4. The van der Waals surface area contributed by atoms with Gasteiger partial charge in [0.05, 0.1) is 6.20 Å². The van der Waals surface area contributed by atoms with Crippen LogP contribution < -0.4 is 0 Å². The Labute approximate surface area is 101 Å². The third-order valence-corrected chi connectivity index (χ3v) is 4.44. The average Bonchev–Trinajstić information content (AvgIpc) is 2.79. The molecule has 17 heavy (non-hydrogen) atoms. The van der Waals surface area contributed by atoms with E-state index in [1.165, 1.54) is 12.8 Å². The molecule has 5 heteroatoms. The lowest BCUT2D eigenvalue weighted by molar-refractivity contribution is 0.0758. The summed E-state index contributed by atoms with van der Waals surface area (Å²) in [6.07, 6.45) is 6.07. The molecule has 5 nitrogen and oxygen atoms in total. The number of aryl methyl sites for hydroxylation is 1. The molecule has 3 heterocycles. The van der Waals surface area contributed by atoms with Gasteiger partial charge in [0.2, 0.25) is 0 Å². The summed E-state index contributed by atoms with van der Waals surface area (Å²) in [4.78, 5) is 14.8. The van der Waals surface area contributed by atoms with Gasteiger partial charge in [0.25, 0.3) is 0 Å². The van der Waals surface area contributed by atoms with E-state index in [9.17, 15) is 4.79 Å².